The zero-order valence-corrected chi connectivity index (χ0v) is 24.1. The van der Waals surface area contributed by atoms with Crippen LogP contribution in [0.25, 0.3) is 0 Å². The predicted octanol–water partition coefficient (Wildman–Crippen LogP) is 3.42. The van der Waals surface area contributed by atoms with Crippen LogP contribution < -0.4 is 25.6 Å². The highest BCUT2D eigenvalue weighted by Gasteiger charge is 2.26. The average Bonchev–Trinajstić information content (AvgIpc) is 2.98. The fourth-order valence-corrected chi connectivity index (χ4v) is 6.45. The number of hydrogen-bond donors (Lipinski definition) is 3. The molecule has 3 heterocycles. The lowest BCUT2D eigenvalue weighted by Gasteiger charge is -2.41. The van der Waals surface area contributed by atoms with Crippen molar-refractivity contribution < 1.29 is 13.2 Å². The molecule has 2 aliphatic rings. The van der Waals surface area contributed by atoms with Crippen molar-refractivity contribution in [3.05, 3.63) is 48.8 Å². The van der Waals surface area contributed by atoms with Crippen molar-refractivity contribution in [3.8, 4) is 5.75 Å². The van der Waals surface area contributed by atoms with E-state index in [1.54, 1.807) is 45.2 Å². The van der Waals surface area contributed by atoms with E-state index in [0.717, 1.165) is 63.5 Å². The van der Waals surface area contributed by atoms with Crippen LogP contribution in [0.1, 0.15) is 26.7 Å². The first-order chi connectivity index (χ1) is 19.3. The Kier molecular flexibility index (Phi) is 8.67. The molecule has 0 atom stereocenters. The monoisotopic (exact) mass is 566 g/mol. The summed E-state index contributed by atoms with van der Waals surface area (Å²) in [7, 11) is -1.85. The van der Waals surface area contributed by atoms with Crippen molar-refractivity contribution in [1.29, 1.82) is 0 Å². The summed E-state index contributed by atoms with van der Waals surface area (Å²) in [6, 6.07) is 13.5. The van der Waals surface area contributed by atoms with Crippen LogP contribution in [0, 0.1) is 0 Å². The van der Waals surface area contributed by atoms with Crippen molar-refractivity contribution in [2.24, 2.45) is 0 Å². The van der Waals surface area contributed by atoms with Crippen molar-refractivity contribution in [2.45, 2.75) is 42.9 Å². The molecule has 214 valence electrons. The molecule has 2 aliphatic heterocycles. The first-order valence-corrected chi connectivity index (χ1v) is 15.3. The molecule has 0 amide bonds. The van der Waals surface area contributed by atoms with Crippen LogP contribution in [0.5, 0.6) is 5.75 Å². The minimum atomic E-state index is -3.49. The smallest absolute Gasteiger partial charge is 0.232 e. The maximum Gasteiger partial charge on any atom is 0.232 e. The van der Waals surface area contributed by atoms with Crippen molar-refractivity contribution in [1.82, 2.24) is 25.2 Å². The molecule has 2 aromatic carbocycles. The van der Waals surface area contributed by atoms with E-state index >= 15 is 0 Å². The number of piperazine rings is 1. The molecule has 0 radical (unpaired) electrons. The van der Waals surface area contributed by atoms with Gasteiger partial charge in [-0.1, -0.05) is 12.1 Å². The summed E-state index contributed by atoms with van der Waals surface area (Å²) in [4.78, 5) is 18.1. The Hall–Kier alpha value is -3.48. The van der Waals surface area contributed by atoms with Crippen molar-refractivity contribution >= 4 is 38.8 Å². The Labute approximate surface area is 236 Å². The number of para-hydroxylation sites is 1. The topological polar surface area (TPSA) is 125 Å². The van der Waals surface area contributed by atoms with Gasteiger partial charge in [-0.25, -0.2) is 18.4 Å². The lowest BCUT2D eigenvalue weighted by atomic mass is 10.0. The van der Waals surface area contributed by atoms with Gasteiger partial charge in [-0.15, -0.1) is 0 Å². The highest BCUT2D eigenvalue weighted by Crippen LogP contribution is 2.33. The predicted molar refractivity (Wildman–Crippen MR) is 158 cm³/mol. The van der Waals surface area contributed by atoms with E-state index in [0.29, 0.717) is 23.4 Å². The number of nitrogens with zero attached hydrogens (tertiary/aromatic N) is 5. The molecule has 2 saturated heterocycles. The van der Waals surface area contributed by atoms with Crippen LogP contribution in [0.3, 0.4) is 0 Å². The molecule has 5 rings (SSSR count). The summed E-state index contributed by atoms with van der Waals surface area (Å²) >= 11 is 0. The quantitative estimate of drug-likeness (QED) is 0.353. The van der Waals surface area contributed by atoms with Gasteiger partial charge >= 0.3 is 0 Å². The van der Waals surface area contributed by atoms with Crippen LogP contribution in [0.15, 0.2) is 53.7 Å². The van der Waals surface area contributed by atoms with Gasteiger partial charge in [-0.3, -0.25) is 4.90 Å². The minimum Gasteiger partial charge on any atom is -0.494 e. The molecule has 0 spiro atoms. The number of sulfone groups is 1. The summed E-state index contributed by atoms with van der Waals surface area (Å²) in [5.41, 5.74) is 2.26. The van der Waals surface area contributed by atoms with Crippen LogP contribution >= 0.6 is 0 Å². The third kappa shape index (κ3) is 6.29. The van der Waals surface area contributed by atoms with Crippen molar-refractivity contribution in [2.75, 3.05) is 61.9 Å². The zero-order chi connectivity index (χ0) is 28.1. The van der Waals surface area contributed by atoms with Crippen LogP contribution in [-0.2, 0) is 9.84 Å². The SMILES string of the molecule is COc1cc(N2CCC(N3CCNCC3)CC2)ccc1Nc1ncnc(Nc2ccccc2S(=O)(=O)C(C)C)n1. The molecule has 40 heavy (non-hydrogen) atoms. The number of nitrogens with one attached hydrogen (secondary N) is 3. The maximum absolute atomic E-state index is 12.8. The molecule has 0 bridgehead atoms. The molecular weight excluding hydrogens is 528 g/mol. The summed E-state index contributed by atoms with van der Waals surface area (Å²) in [6.45, 7) is 9.78. The van der Waals surface area contributed by atoms with Gasteiger partial charge in [0.05, 0.1) is 28.6 Å². The van der Waals surface area contributed by atoms with Crippen LogP contribution in [0.4, 0.5) is 29.0 Å². The van der Waals surface area contributed by atoms with Gasteiger partial charge in [0.15, 0.2) is 9.84 Å². The first kappa shape index (κ1) is 28.1. The molecule has 0 aliphatic carbocycles. The van der Waals surface area contributed by atoms with Gasteiger partial charge in [-0.2, -0.15) is 4.98 Å². The molecule has 0 unspecified atom stereocenters. The Balaban J connectivity index is 1.27. The molecule has 3 N–H and O–H groups in total. The molecule has 1 aromatic heterocycles. The summed E-state index contributed by atoms with van der Waals surface area (Å²) in [6.07, 6.45) is 3.69. The number of benzene rings is 2. The number of rotatable bonds is 9. The first-order valence-electron chi connectivity index (χ1n) is 13.8. The van der Waals surface area contributed by atoms with Gasteiger partial charge in [-0.05, 0) is 51.0 Å². The summed E-state index contributed by atoms with van der Waals surface area (Å²) in [5, 5.41) is 9.14. The molecule has 11 nitrogen and oxygen atoms in total. The zero-order valence-electron chi connectivity index (χ0n) is 23.3. The fourth-order valence-electron chi connectivity index (χ4n) is 5.25. The Morgan fingerprint density at radius 3 is 2.30 bits per heavy atom. The summed E-state index contributed by atoms with van der Waals surface area (Å²) in [5.74, 6) is 1.22. The van der Waals surface area contributed by atoms with E-state index in [9.17, 15) is 8.42 Å². The second-order valence-electron chi connectivity index (χ2n) is 10.4. The number of ether oxygens (including phenoxy) is 1. The number of hydrogen-bond acceptors (Lipinski definition) is 11. The number of piperidine rings is 1. The average molecular weight is 567 g/mol. The molecule has 3 aromatic rings. The third-order valence-electron chi connectivity index (χ3n) is 7.56. The van der Waals surface area contributed by atoms with E-state index in [1.165, 1.54) is 6.33 Å². The van der Waals surface area contributed by atoms with E-state index < -0.39 is 15.1 Å². The number of anilines is 5. The largest absolute Gasteiger partial charge is 0.494 e. The second kappa shape index (κ2) is 12.4. The van der Waals surface area contributed by atoms with Gasteiger partial charge in [0.25, 0.3) is 0 Å². The normalized spacial score (nSPS) is 17.1. The third-order valence-corrected chi connectivity index (χ3v) is 9.77. The lowest BCUT2D eigenvalue weighted by Crippen LogP contribution is -2.52. The van der Waals surface area contributed by atoms with Gasteiger partial charge in [0.1, 0.15) is 12.1 Å². The second-order valence-corrected chi connectivity index (χ2v) is 12.8. The van der Waals surface area contributed by atoms with Crippen molar-refractivity contribution in [3.63, 3.8) is 0 Å². The van der Waals surface area contributed by atoms with E-state index in [2.05, 4.69) is 46.8 Å². The standard InChI is InChI=1S/C28H38N8O3S/c1-20(2)40(37,38)26-7-5-4-6-24(26)33-28-31-19-30-27(34-28)32-23-9-8-22(18-25(23)39-3)35-14-10-21(11-15-35)36-16-12-29-13-17-36/h4-9,18-21,29H,10-17H2,1-3H3,(H2,30,31,32,33,34). The van der Waals surface area contributed by atoms with E-state index in [-0.39, 0.29) is 10.8 Å². The lowest BCUT2D eigenvalue weighted by molar-refractivity contribution is 0.150. The van der Waals surface area contributed by atoms with Crippen LogP contribution in [0.2, 0.25) is 0 Å². The molecule has 2 fully saturated rings. The van der Waals surface area contributed by atoms with Crippen LogP contribution in [-0.4, -0.2) is 85.9 Å². The number of aromatic nitrogens is 3. The van der Waals surface area contributed by atoms with Gasteiger partial charge in [0, 0.05) is 57.1 Å². The highest BCUT2D eigenvalue weighted by atomic mass is 32.2. The highest BCUT2D eigenvalue weighted by molar-refractivity contribution is 7.92. The van der Waals surface area contributed by atoms with Gasteiger partial charge < -0.3 is 25.6 Å². The summed E-state index contributed by atoms with van der Waals surface area (Å²) < 4.78 is 31.4. The number of methoxy groups -OCH3 is 1. The molecular formula is C28H38N8O3S. The molecule has 0 saturated carbocycles. The van der Waals surface area contributed by atoms with E-state index in [4.69, 9.17) is 4.74 Å². The molecule has 12 heteroatoms. The van der Waals surface area contributed by atoms with Gasteiger partial charge in [0.2, 0.25) is 11.9 Å². The maximum atomic E-state index is 12.8. The fraction of sp³-hybridized carbons (Fsp3) is 0.464. The van der Waals surface area contributed by atoms with E-state index in [1.807, 2.05) is 12.1 Å². The Morgan fingerprint density at radius 1 is 0.950 bits per heavy atom. The Morgan fingerprint density at radius 2 is 1.62 bits per heavy atom. The minimum absolute atomic E-state index is 0.203. The Bertz CT molecular complexity index is 1400.